The van der Waals surface area contributed by atoms with Gasteiger partial charge in [0.2, 0.25) is 0 Å². The number of aromatic nitrogens is 1. The Morgan fingerprint density at radius 3 is 2.18 bits per heavy atom. The van der Waals surface area contributed by atoms with E-state index in [0.717, 1.165) is 17.1 Å². The second-order valence-corrected chi connectivity index (χ2v) is 8.44. The summed E-state index contributed by atoms with van der Waals surface area (Å²) in [5, 5.41) is 5.89. The first kappa shape index (κ1) is 19.4. The second-order valence-electron chi connectivity index (χ2n) is 8.44. The standard InChI is InChI=1S/C30H25N3/c1-22-20-26(18-19-31-22)32(23-10-4-2-5-11-23)25-16-17-28-27-14-8-9-15-29(27)33(30(28)21-25)24-12-6-3-7-13-24/h2-22,31H,1H3. The van der Waals surface area contributed by atoms with Crippen molar-refractivity contribution in [1.29, 1.82) is 0 Å². The Morgan fingerprint density at radius 2 is 1.39 bits per heavy atom. The van der Waals surface area contributed by atoms with Crippen LogP contribution < -0.4 is 10.2 Å². The van der Waals surface area contributed by atoms with Gasteiger partial charge < -0.3 is 14.8 Å². The predicted molar refractivity (Wildman–Crippen MR) is 139 cm³/mol. The number of fused-ring (bicyclic) bond motifs is 3. The van der Waals surface area contributed by atoms with E-state index in [2.05, 4.69) is 137 Å². The minimum Gasteiger partial charge on any atom is -0.385 e. The number of dihydropyridines is 1. The van der Waals surface area contributed by atoms with Gasteiger partial charge in [-0.25, -0.2) is 0 Å². The molecule has 1 N–H and O–H groups in total. The molecule has 33 heavy (non-hydrogen) atoms. The zero-order valence-electron chi connectivity index (χ0n) is 18.5. The molecule has 3 nitrogen and oxygen atoms in total. The third kappa shape index (κ3) is 3.39. The quantitative estimate of drug-likeness (QED) is 0.324. The van der Waals surface area contributed by atoms with Gasteiger partial charge in [-0.15, -0.1) is 0 Å². The van der Waals surface area contributed by atoms with E-state index < -0.39 is 0 Å². The van der Waals surface area contributed by atoms with Crippen LogP contribution >= 0.6 is 0 Å². The summed E-state index contributed by atoms with van der Waals surface area (Å²) in [5.41, 5.74) is 7.03. The predicted octanol–water partition coefficient (Wildman–Crippen LogP) is 7.31. The molecular weight excluding hydrogens is 402 g/mol. The molecule has 1 aromatic heterocycles. The number of para-hydroxylation sites is 3. The Balaban J connectivity index is 1.62. The molecule has 1 aliphatic heterocycles. The van der Waals surface area contributed by atoms with Crippen LogP contribution in [0.1, 0.15) is 6.92 Å². The minimum atomic E-state index is 0.274. The maximum Gasteiger partial charge on any atom is 0.0561 e. The Bertz CT molecular complexity index is 1490. The van der Waals surface area contributed by atoms with Crippen molar-refractivity contribution in [1.82, 2.24) is 9.88 Å². The number of rotatable bonds is 4. The van der Waals surface area contributed by atoms with Crippen LogP contribution in [0.2, 0.25) is 0 Å². The van der Waals surface area contributed by atoms with Gasteiger partial charge in [0.05, 0.1) is 11.0 Å². The lowest BCUT2D eigenvalue weighted by Crippen LogP contribution is -2.26. The number of hydrogen-bond donors (Lipinski definition) is 1. The number of hydrogen-bond acceptors (Lipinski definition) is 2. The van der Waals surface area contributed by atoms with E-state index in [1.807, 2.05) is 6.20 Å². The molecule has 0 saturated heterocycles. The number of nitrogens with one attached hydrogen (secondary N) is 1. The molecule has 2 heterocycles. The molecule has 0 fully saturated rings. The molecule has 0 bridgehead atoms. The van der Waals surface area contributed by atoms with E-state index in [4.69, 9.17) is 0 Å². The van der Waals surface area contributed by atoms with Gasteiger partial charge >= 0.3 is 0 Å². The molecule has 6 rings (SSSR count). The van der Waals surface area contributed by atoms with Crippen LogP contribution in [0.5, 0.6) is 0 Å². The summed E-state index contributed by atoms with van der Waals surface area (Å²) >= 11 is 0. The van der Waals surface area contributed by atoms with Gasteiger partial charge in [0, 0.05) is 39.6 Å². The van der Waals surface area contributed by atoms with Gasteiger partial charge in [0.15, 0.2) is 0 Å². The molecule has 1 aliphatic rings. The van der Waals surface area contributed by atoms with Crippen molar-refractivity contribution in [3.63, 3.8) is 0 Å². The lowest BCUT2D eigenvalue weighted by atomic mass is 10.1. The van der Waals surface area contributed by atoms with E-state index in [9.17, 15) is 0 Å². The third-order valence-electron chi connectivity index (χ3n) is 6.24. The van der Waals surface area contributed by atoms with Crippen LogP contribution in [0.3, 0.4) is 0 Å². The van der Waals surface area contributed by atoms with Gasteiger partial charge in [0.1, 0.15) is 0 Å². The molecule has 0 radical (unpaired) electrons. The maximum absolute atomic E-state index is 3.36. The highest BCUT2D eigenvalue weighted by Gasteiger charge is 2.18. The highest BCUT2D eigenvalue weighted by atomic mass is 15.2. The maximum atomic E-state index is 3.36. The van der Waals surface area contributed by atoms with Crippen molar-refractivity contribution in [2.75, 3.05) is 4.90 Å². The highest BCUT2D eigenvalue weighted by Crippen LogP contribution is 2.37. The second kappa shape index (κ2) is 8.03. The summed E-state index contributed by atoms with van der Waals surface area (Å²) in [6, 6.07) is 36.9. The number of nitrogens with zero attached hydrogens (tertiary/aromatic N) is 2. The molecule has 3 heteroatoms. The Morgan fingerprint density at radius 1 is 0.697 bits per heavy atom. The fourth-order valence-corrected chi connectivity index (χ4v) is 4.77. The number of benzene rings is 4. The minimum absolute atomic E-state index is 0.274. The van der Waals surface area contributed by atoms with Crippen LogP contribution in [-0.4, -0.2) is 10.6 Å². The van der Waals surface area contributed by atoms with E-state index in [1.165, 1.54) is 27.5 Å². The number of allylic oxidation sites excluding steroid dienone is 1. The Kier molecular flexibility index (Phi) is 4.73. The van der Waals surface area contributed by atoms with Crippen molar-refractivity contribution < 1.29 is 0 Å². The van der Waals surface area contributed by atoms with Crippen molar-refractivity contribution in [2.24, 2.45) is 0 Å². The summed E-state index contributed by atoms with van der Waals surface area (Å²) in [5.74, 6) is 0. The molecule has 0 saturated carbocycles. The SMILES string of the molecule is CC1C=C(N(c2ccccc2)c2ccc3c4ccccc4n(-c4ccccc4)c3c2)C=CN1. The molecule has 160 valence electrons. The van der Waals surface area contributed by atoms with E-state index >= 15 is 0 Å². The van der Waals surface area contributed by atoms with Crippen molar-refractivity contribution >= 4 is 33.2 Å². The van der Waals surface area contributed by atoms with E-state index in [-0.39, 0.29) is 6.04 Å². The summed E-state index contributed by atoms with van der Waals surface area (Å²) in [6.45, 7) is 2.17. The van der Waals surface area contributed by atoms with Gasteiger partial charge in [-0.3, -0.25) is 0 Å². The summed E-state index contributed by atoms with van der Waals surface area (Å²) in [6.07, 6.45) is 6.45. The van der Waals surface area contributed by atoms with E-state index in [0.29, 0.717) is 0 Å². The number of anilines is 2. The first-order valence-corrected chi connectivity index (χ1v) is 11.4. The molecule has 5 aromatic rings. The third-order valence-corrected chi connectivity index (χ3v) is 6.24. The fraction of sp³-hybridized carbons (Fsp3) is 0.0667. The summed E-state index contributed by atoms with van der Waals surface area (Å²) in [4.78, 5) is 2.33. The van der Waals surface area contributed by atoms with Crippen LogP contribution in [0, 0.1) is 0 Å². The van der Waals surface area contributed by atoms with Crippen LogP contribution in [-0.2, 0) is 0 Å². The Hall–Kier alpha value is -4.24. The highest BCUT2D eigenvalue weighted by molar-refractivity contribution is 6.10. The molecule has 1 unspecified atom stereocenters. The van der Waals surface area contributed by atoms with Gasteiger partial charge in [-0.1, -0.05) is 60.7 Å². The van der Waals surface area contributed by atoms with Gasteiger partial charge in [-0.05, 0) is 67.7 Å². The van der Waals surface area contributed by atoms with Crippen molar-refractivity contribution in [3.05, 3.63) is 127 Å². The monoisotopic (exact) mass is 427 g/mol. The lowest BCUT2D eigenvalue weighted by molar-refractivity contribution is 0.750. The molecular formula is C30H25N3. The van der Waals surface area contributed by atoms with Crippen molar-refractivity contribution in [3.8, 4) is 5.69 Å². The topological polar surface area (TPSA) is 20.2 Å². The van der Waals surface area contributed by atoms with Crippen molar-refractivity contribution in [2.45, 2.75) is 13.0 Å². The molecule has 0 spiro atoms. The largest absolute Gasteiger partial charge is 0.385 e. The zero-order chi connectivity index (χ0) is 22.2. The summed E-state index contributed by atoms with van der Waals surface area (Å²) in [7, 11) is 0. The van der Waals surface area contributed by atoms with Gasteiger partial charge in [-0.2, -0.15) is 0 Å². The molecule has 0 aliphatic carbocycles. The van der Waals surface area contributed by atoms with Crippen LogP contribution in [0.25, 0.3) is 27.5 Å². The van der Waals surface area contributed by atoms with E-state index in [1.54, 1.807) is 0 Å². The van der Waals surface area contributed by atoms with Crippen LogP contribution in [0.15, 0.2) is 127 Å². The van der Waals surface area contributed by atoms with Gasteiger partial charge in [0.25, 0.3) is 0 Å². The first-order chi connectivity index (χ1) is 16.3. The van der Waals surface area contributed by atoms with Crippen LogP contribution in [0.4, 0.5) is 11.4 Å². The first-order valence-electron chi connectivity index (χ1n) is 11.4. The molecule has 4 aromatic carbocycles. The summed E-state index contributed by atoms with van der Waals surface area (Å²) < 4.78 is 2.37. The average molecular weight is 428 g/mol. The molecule has 1 atom stereocenters. The zero-order valence-corrected chi connectivity index (χ0v) is 18.5. The smallest absolute Gasteiger partial charge is 0.0561 e. The average Bonchev–Trinajstić information content (AvgIpc) is 3.19. The normalized spacial score (nSPS) is 15.4. The lowest BCUT2D eigenvalue weighted by Gasteiger charge is -2.29. The Labute approximate surface area is 193 Å². The molecule has 0 amide bonds. The fourth-order valence-electron chi connectivity index (χ4n) is 4.77.